The molecule has 0 aliphatic heterocycles. The zero-order chi connectivity index (χ0) is 12.9. The zero-order valence-corrected chi connectivity index (χ0v) is 13.4. The van der Waals surface area contributed by atoms with Crippen LogP contribution in [0.3, 0.4) is 0 Å². The molecule has 0 spiro atoms. The molecule has 2 aliphatic rings. The summed E-state index contributed by atoms with van der Waals surface area (Å²) in [4.78, 5) is 1.37. The summed E-state index contributed by atoms with van der Waals surface area (Å²) in [7, 11) is -3.29. The predicted octanol–water partition coefficient (Wildman–Crippen LogP) is 3.38. The van der Waals surface area contributed by atoms with Gasteiger partial charge >= 0.3 is 0 Å². The fourth-order valence-corrected chi connectivity index (χ4v) is 6.32. The molecule has 0 amide bonds. The normalized spacial score (nSPS) is 20.6. The molecule has 2 fully saturated rings. The van der Waals surface area contributed by atoms with Crippen molar-refractivity contribution in [1.82, 2.24) is 4.31 Å². The fraction of sp³-hybridized carbons (Fsp3) is 0.667. The van der Waals surface area contributed by atoms with E-state index in [0.717, 1.165) is 28.0 Å². The second-order valence-electron chi connectivity index (χ2n) is 5.22. The van der Waals surface area contributed by atoms with Crippen LogP contribution in [-0.2, 0) is 10.0 Å². The Kier molecular flexibility index (Phi) is 3.33. The van der Waals surface area contributed by atoms with Crippen LogP contribution < -0.4 is 0 Å². The van der Waals surface area contributed by atoms with E-state index in [-0.39, 0.29) is 6.04 Å². The van der Waals surface area contributed by atoms with E-state index in [9.17, 15) is 8.42 Å². The Morgan fingerprint density at radius 2 is 2.06 bits per heavy atom. The zero-order valence-electron chi connectivity index (χ0n) is 10.2. The maximum atomic E-state index is 12.7. The van der Waals surface area contributed by atoms with Crippen molar-refractivity contribution in [1.29, 1.82) is 0 Å². The third-order valence-corrected chi connectivity index (χ3v) is 7.25. The highest BCUT2D eigenvalue weighted by Crippen LogP contribution is 2.40. The molecule has 0 atom stereocenters. The summed E-state index contributed by atoms with van der Waals surface area (Å²) in [6.45, 7) is 2.60. The van der Waals surface area contributed by atoms with E-state index in [4.69, 9.17) is 0 Å². The maximum Gasteiger partial charge on any atom is 0.244 e. The van der Waals surface area contributed by atoms with Crippen molar-refractivity contribution in [2.24, 2.45) is 5.92 Å². The molecule has 1 aromatic heterocycles. The summed E-state index contributed by atoms with van der Waals surface area (Å²) in [6.07, 6.45) is 4.42. The summed E-state index contributed by atoms with van der Waals surface area (Å²) in [5.74, 6) is 0.600. The first-order valence-corrected chi connectivity index (χ1v) is 9.31. The van der Waals surface area contributed by atoms with Crippen molar-refractivity contribution in [2.45, 2.75) is 43.5 Å². The van der Waals surface area contributed by atoms with Gasteiger partial charge in [0, 0.05) is 17.5 Å². The van der Waals surface area contributed by atoms with Crippen LogP contribution in [0.1, 0.15) is 30.6 Å². The molecule has 0 bridgehead atoms. The van der Waals surface area contributed by atoms with Crippen molar-refractivity contribution in [2.75, 3.05) is 6.54 Å². The molecule has 2 aliphatic carbocycles. The summed E-state index contributed by atoms with van der Waals surface area (Å²) in [5, 5.41) is 0. The van der Waals surface area contributed by atoms with Gasteiger partial charge in [-0.25, -0.2) is 8.42 Å². The van der Waals surface area contributed by atoms with Crippen molar-refractivity contribution >= 4 is 37.3 Å². The maximum absolute atomic E-state index is 12.7. The Morgan fingerprint density at radius 1 is 1.39 bits per heavy atom. The van der Waals surface area contributed by atoms with Gasteiger partial charge in [-0.2, -0.15) is 4.31 Å². The number of sulfonamides is 1. The number of thiophene rings is 1. The molecule has 0 N–H and O–H groups in total. The molecule has 1 aromatic rings. The minimum atomic E-state index is -3.29. The SMILES string of the molecule is Cc1sc(Br)cc1S(=O)(=O)N(CC1CC1)C1CC1. The number of rotatable bonds is 5. The summed E-state index contributed by atoms with van der Waals surface area (Å²) >= 11 is 4.87. The van der Waals surface area contributed by atoms with Gasteiger partial charge in [-0.05, 0) is 60.5 Å². The number of aryl methyl sites for hydroxylation is 1. The Balaban J connectivity index is 1.93. The number of nitrogens with zero attached hydrogens (tertiary/aromatic N) is 1. The Morgan fingerprint density at radius 3 is 2.50 bits per heavy atom. The van der Waals surface area contributed by atoms with Crippen LogP contribution in [0, 0.1) is 12.8 Å². The first kappa shape index (κ1) is 13.1. The smallest absolute Gasteiger partial charge is 0.207 e. The monoisotopic (exact) mass is 349 g/mol. The molecular weight excluding hydrogens is 334 g/mol. The van der Waals surface area contributed by atoms with Gasteiger partial charge in [0.2, 0.25) is 10.0 Å². The summed E-state index contributed by atoms with van der Waals surface area (Å²) in [6, 6.07) is 2.01. The van der Waals surface area contributed by atoms with E-state index in [1.54, 1.807) is 10.4 Å². The average molecular weight is 350 g/mol. The third-order valence-electron chi connectivity index (χ3n) is 3.52. The minimum Gasteiger partial charge on any atom is -0.207 e. The molecule has 0 aromatic carbocycles. The highest BCUT2D eigenvalue weighted by molar-refractivity contribution is 9.11. The molecule has 3 rings (SSSR count). The van der Waals surface area contributed by atoms with Gasteiger partial charge in [0.15, 0.2) is 0 Å². The Bertz CT molecular complexity index is 559. The largest absolute Gasteiger partial charge is 0.244 e. The molecule has 2 saturated carbocycles. The lowest BCUT2D eigenvalue weighted by Gasteiger charge is -2.21. The summed E-state index contributed by atoms with van der Waals surface area (Å²) in [5.41, 5.74) is 0. The van der Waals surface area contributed by atoms with Crippen LogP contribution in [0.15, 0.2) is 14.7 Å². The molecule has 100 valence electrons. The molecule has 6 heteroatoms. The second-order valence-corrected chi connectivity index (χ2v) is 9.71. The third kappa shape index (κ3) is 2.53. The molecule has 1 heterocycles. The van der Waals surface area contributed by atoms with Gasteiger partial charge in [-0.15, -0.1) is 11.3 Å². The van der Waals surface area contributed by atoms with E-state index in [1.165, 1.54) is 24.2 Å². The highest BCUT2D eigenvalue weighted by atomic mass is 79.9. The van der Waals surface area contributed by atoms with Gasteiger partial charge < -0.3 is 0 Å². The summed E-state index contributed by atoms with van der Waals surface area (Å²) < 4.78 is 28.1. The Hall–Kier alpha value is 0.0900. The van der Waals surface area contributed by atoms with E-state index in [0.29, 0.717) is 10.8 Å². The standard InChI is InChI=1S/C12H16BrNO2S2/c1-8-11(6-12(13)17-8)18(15,16)14(10-4-5-10)7-9-2-3-9/h6,9-10H,2-5,7H2,1H3. The molecule has 3 nitrogen and oxygen atoms in total. The van der Waals surface area contributed by atoms with Gasteiger partial charge in [0.05, 0.1) is 8.68 Å². The Labute approximate surface area is 120 Å². The van der Waals surface area contributed by atoms with Gasteiger partial charge in [0.1, 0.15) is 0 Å². The van der Waals surface area contributed by atoms with Crippen LogP contribution in [0.5, 0.6) is 0 Å². The second kappa shape index (κ2) is 4.58. The quantitative estimate of drug-likeness (QED) is 0.816. The van der Waals surface area contributed by atoms with Crippen molar-refractivity contribution in [3.63, 3.8) is 0 Å². The van der Waals surface area contributed by atoms with Crippen LogP contribution in [-0.4, -0.2) is 25.3 Å². The lowest BCUT2D eigenvalue weighted by Crippen LogP contribution is -2.35. The fourth-order valence-electron chi connectivity index (χ4n) is 2.17. The van der Waals surface area contributed by atoms with Crippen LogP contribution in [0.4, 0.5) is 0 Å². The number of halogens is 1. The molecule has 0 saturated heterocycles. The van der Waals surface area contributed by atoms with Crippen molar-refractivity contribution in [3.8, 4) is 0 Å². The first-order chi connectivity index (χ1) is 8.48. The van der Waals surface area contributed by atoms with Gasteiger partial charge in [-0.3, -0.25) is 0 Å². The van der Waals surface area contributed by atoms with E-state index in [2.05, 4.69) is 15.9 Å². The van der Waals surface area contributed by atoms with Crippen LogP contribution >= 0.6 is 27.3 Å². The lowest BCUT2D eigenvalue weighted by atomic mass is 10.4. The van der Waals surface area contributed by atoms with E-state index in [1.807, 2.05) is 6.92 Å². The van der Waals surface area contributed by atoms with Crippen molar-refractivity contribution in [3.05, 3.63) is 14.7 Å². The molecule has 0 radical (unpaired) electrons. The number of hydrogen-bond acceptors (Lipinski definition) is 3. The van der Waals surface area contributed by atoms with Crippen molar-refractivity contribution < 1.29 is 8.42 Å². The molecule has 18 heavy (non-hydrogen) atoms. The van der Waals surface area contributed by atoms with E-state index < -0.39 is 10.0 Å². The average Bonchev–Trinajstić information content (AvgIpc) is 3.15. The number of hydrogen-bond donors (Lipinski definition) is 0. The molecular formula is C12H16BrNO2S2. The van der Waals surface area contributed by atoms with Gasteiger partial charge in [-0.1, -0.05) is 0 Å². The topological polar surface area (TPSA) is 37.4 Å². The molecule has 0 unspecified atom stereocenters. The predicted molar refractivity (Wildman–Crippen MR) is 76.4 cm³/mol. The van der Waals surface area contributed by atoms with Crippen LogP contribution in [0.2, 0.25) is 0 Å². The highest BCUT2D eigenvalue weighted by Gasteiger charge is 2.41. The van der Waals surface area contributed by atoms with Crippen LogP contribution in [0.25, 0.3) is 0 Å². The van der Waals surface area contributed by atoms with E-state index >= 15 is 0 Å². The van der Waals surface area contributed by atoms with Gasteiger partial charge in [0.25, 0.3) is 0 Å². The minimum absolute atomic E-state index is 0.258. The lowest BCUT2D eigenvalue weighted by molar-refractivity contribution is 0.388. The first-order valence-electron chi connectivity index (χ1n) is 6.26.